The minimum absolute atomic E-state index is 0.0889. The largest absolute Gasteiger partial charge is 0.469 e. The number of hydrogen-bond donors (Lipinski definition) is 1. The monoisotopic (exact) mass is 484 g/mol. The van der Waals surface area contributed by atoms with Crippen molar-refractivity contribution < 1.29 is 14.3 Å². The van der Waals surface area contributed by atoms with Crippen LogP contribution in [0.15, 0.2) is 29.1 Å². The number of rotatable bonds is 7. The predicted octanol–water partition coefficient (Wildman–Crippen LogP) is 2.90. The van der Waals surface area contributed by atoms with Gasteiger partial charge in [0, 0.05) is 33.4 Å². The fraction of sp³-hybridized carbons (Fsp3) is 0.348. The maximum atomic E-state index is 12.8. The summed E-state index contributed by atoms with van der Waals surface area (Å²) >= 11 is 6.17. The summed E-state index contributed by atoms with van der Waals surface area (Å²) in [6.45, 7) is 2.07. The summed E-state index contributed by atoms with van der Waals surface area (Å²) in [5.74, 6) is -1.06. The number of amides is 1. The Kier molecular flexibility index (Phi) is 7.27. The first-order valence-corrected chi connectivity index (χ1v) is 10.8. The summed E-state index contributed by atoms with van der Waals surface area (Å²) in [4.78, 5) is 42.3. The lowest BCUT2D eigenvalue weighted by atomic mass is 10.1. The lowest BCUT2D eigenvalue weighted by molar-refractivity contribution is -0.145. The van der Waals surface area contributed by atoms with Gasteiger partial charge in [0.1, 0.15) is 22.5 Å². The van der Waals surface area contributed by atoms with E-state index < -0.39 is 0 Å². The number of nitriles is 1. The van der Waals surface area contributed by atoms with Crippen LogP contribution in [-0.4, -0.2) is 52.1 Å². The van der Waals surface area contributed by atoms with Crippen molar-refractivity contribution in [2.45, 2.75) is 19.9 Å². The molecular formula is C23H25ClN6O4. The first-order chi connectivity index (χ1) is 16.1. The summed E-state index contributed by atoms with van der Waals surface area (Å²) < 4.78 is 7.89. The first kappa shape index (κ1) is 24.8. The van der Waals surface area contributed by atoms with Crippen LogP contribution in [0, 0.1) is 17.2 Å². The third-order valence-corrected chi connectivity index (χ3v) is 5.80. The second kappa shape index (κ2) is 9.97. The minimum atomic E-state index is -0.363. The molecule has 11 heteroatoms. The normalized spacial score (nSPS) is 11.7. The molecule has 10 nitrogen and oxygen atoms in total. The molecule has 1 unspecified atom stereocenters. The number of pyridine rings is 1. The third kappa shape index (κ3) is 4.75. The summed E-state index contributed by atoms with van der Waals surface area (Å²) in [7, 11) is 6.19. The molecule has 0 fully saturated rings. The topological polar surface area (TPSA) is 122 Å². The van der Waals surface area contributed by atoms with Gasteiger partial charge < -0.3 is 15.0 Å². The van der Waals surface area contributed by atoms with Crippen LogP contribution in [0.2, 0.25) is 5.15 Å². The van der Waals surface area contributed by atoms with Gasteiger partial charge in [0.25, 0.3) is 5.91 Å². The molecule has 0 spiro atoms. The number of anilines is 2. The summed E-state index contributed by atoms with van der Waals surface area (Å²) in [6, 6.07) is 8.77. The van der Waals surface area contributed by atoms with E-state index in [4.69, 9.17) is 16.3 Å². The van der Waals surface area contributed by atoms with Gasteiger partial charge in [-0.2, -0.15) is 5.26 Å². The molecule has 1 N–H and O–H groups in total. The molecule has 1 atom stereocenters. The van der Waals surface area contributed by atoms with E-state index in [1.54, 1.807) is 50.8 Å². The van der Waals surface area contributed by atoms with Crippen molar-refractivity contribution in [2.24, 2.45) is 13.0 Å². The highest BCUT2D eigenvalue weighted by atomic mass is 35.5. The molecule has 0 bridgehead atoms. The van der Waals surface area contributed by atoms with Crippen LogP contribution in [0.25, 0.3) is 11.0 Å². The van der Waals surface area contributed by atoms with E-state index in [1.165, 1.54) is 22.6 Å². The van der Waals surface area contributed by atoms with E-state index in [-0.39, 0.29) is 39.9 Å². The van der Waals surface area contributed by atoms with Crippen molar-refractivity contribution in [1.29, 1.82) is 5.26 Å². The number of carbonyl (C=O) groups excluding carboxylic acids is 2. The van der Waals surface area contributed by atoms with Gasteiger partial charge in [-0.25, -0.2) is 9.78 Å². The second-order valence-electron chi connectivity index (χ2n) is 8.07. The van der Waals surface area contributed by atoms with Crippen LogP contribution in [0.1, 0.15) is 29.4 Å². The molecular weight excluding hydrogens is 460 g/mol. The van der Waals surface area contributed by atoms with Gasteiger partial charge in [-0.3, -0.25) is 18.7 Å². The maximum Gasteiger partial charge on any atom is 0.328 e. The molecule has 178 valence electrons. The van der Waals surface area contributed by atoms with E-state index in [0.717, 1.165) is 0 Å². The number of aromatic nitrogens is 3. The van der Waals surface area contributed by atoms with E-state index in [2.05, 4.69) is 10.3 Å². The zero-order valence-corrected chi connectivity index (χ0v) is 20.3. The van der Waals surface area contributed by atoms with Crippen molar-refractivity contribution in [1.82, 2.24) is 19.0 Å². The molecule has 2 aromatic heterocycles. The molecule has 1 aromatic carbocycles. The van der Waals surface area contributed by atoms with Gasteiger partial charge in [0.2, 0.25) is 0 Å². The lowest BCUT2D eigenvalue weighted by Crippen LogP contribution is -2.24. The number of esters is 1. The zero-order valence-electron chi connectivity index (χ0n) is 19.5. The molecule has 0 saturated carbocycles. The number of nitrogens with one attached hydrogen (secondary N) is 1. The van der Waals surface area contributed by atoms with Gasteiger partial charge in [0.05, 0.1) is 29.7 Å². The minimum Gasteiger partial charge on any atom is -0.469 e. The number of nitrogens with zero attached hydrogens (tertiary/aromatic N) is 5. The number of fused-ring (bicyclic) bond motifs is 1. The smallest absolute Gasteiger partial charge is 0.328 e. The number of ether oxygens (including phenoxy) is 1. The highest BCUT2D eigenvalue weighted by Gasteiger charge is 2.19. The number of imidazole rings is 1. The standard InChI is InChI=1S/C23H25ClN6O4/c1-13(22(32)34-5)8-9-30-19-10-14(6-7-18(19)29(4)23(30)33)26-16-11-17(21(31)28(2)3)27-20(24)15(16)12-25/h6-7,10-11,13H,8-9H2,1-5H3,(H,26,27). The quantitative estimate of drug-likeness (QED) is 0.404. The molecule has 0 aliphatic heterocycles. The van der Waals surface area contributed by atoms with E-state index in [9.17, 15) is 19.6 Å². The number of benzene rings is 1. The van der Waals surface area contributed by atoms with Crippen LogP contribution >= 0.6 is 11.6 Å². The summed E-state index contributed by atoms with van der Waals surface area (Å²) in [6.07, 6.45) is 0.428. The van der Waals surface area contributed by atoms with E-state index >= 15 is 0 Å². The van der Waals surface area contributed by atoms with Gasteiger partial charge in [-0.15, -0.1) is 0 Å². The van der Waals surface area contributed by atoms with Gasteiger partial charge in [0.15, 0.2) is 0 Å². The summed E-state index contributed by atoms with van der Waals surface area (Å²) in [5, 5.41) is 12.6. The van der Waals surface area contributed by atoms with Gasteiger partial charge in [-0.1, -0.05) is 18.5 Å². The number of methoxy groups -OCH3 is 1. The number of halogens is 1. The second-order valence-corrected chi connectivity index (χ2v) is 8.42. The molecule has 0 aliphatic rings. The average molecular weight is 485 g/mol. The number of aryl methyl sites for hydroxylation is 2. The molecule has 3 aromatic rings. The van der Waals surface area contributed by atoms with Crippen molar-refractivity contribution in [3.63, 3.8) is 0 Å². The Morgan fingerprint density at radius 2 is 2.00 bits per heavy atom. The molecule has 0 saturated heterocycles. The number of carbonyl (C=O) groups is 2. The Balaban J connectivity index is 2.02. The summed E-state index contributed by atoms with van der Waals surface area (Å²) in [5.41, 5.74) is 2.22. The van der Waals surface area contributed by atoms with Gasteiger partial charge >= 0.3 is 11.7 Å². The Morgan fingerprint density at radius 3 is 2.62 bits per heavy atom. The zero-order chi connectivity index (χ0) is 25.2. The first-order valence-electron chi connectivity index (χ1n) is 10.5. The van der Waals surface area contributed by atoms with E-state index in [1.807, 2.05) is 6.07 Å². The van der Waals surface area contributed by atoms with Crippen molar-refractivity contribution in [3.8, 4) is 6.07 Å². The van der Waals surface area contributed by atoms with Gasteiger partial charge in [-0.05, 0) is 30.7 Å². The molecule has 2 heterocycles. The van der Waals surface area contributed by atoms with Crippen LogP contribution < -0.4 is 11.0 Å². The Bertz CT molecular complexity index is 1370. The molecule has 34 heavy (non-hydrogen) atoms. The molecule has 3 rings (SSSR count). The van der Waals surface area contributed by atoms with Crippen LogP contribution in [-0.2, 0) is 23.1 Å². The molecule has 0 radical (unpaired) electrons. The van der Waals surface area contributed by atoms with Crippen LogP contribution in [0.4, 0.5) is 11.4 Å². The SMILES string of the molecule is COC(=O)C(C)CCn1c(=O)n(C)c2ccc(Nc3cc(C(=O)N(C)C)nc(Cl)c3C#N)cc21. The maximum absolute atomic E-state index is 12.8. The van der Waals surface area contributed by atoms with E-state index in [0.29, 0.717) is 35.4 Å². The Labute approximate surface area is 201 Å². The lowest BCUT2D eigenvalue weighted by Gasteiger charge is -2.14. The van der Waals surface area contributed by atoms with Crippen molar-refractivity contribution >= 4 is 45.9 Å². The Hall–Kier alpha value is -3.84. The Morgan fingerprint density at radius 1 is 1.29 bits per heavy atom. The van der Waals surface area contributed by atoms with Crippen LogP contribution in [0.3, 0.4) is 0 Å². The van der Waals surface area contributed by atoms with Crippen molar-refractivity contribution in [2.75, 3.05) is 26.5 Å². The number of hydrogen-bond acceptors (Lipinski definition) is 7. The molecule has 1 amide bonds. The molecule has 0 aliphatic carbocycles. The highest BCUT2D eigenvalue weighted by molar-refractivity contribution is 6.31. The fourth-order valence-electron chi connectivity index (χ4n) is 3.56. The van der Waals surface area contributed by atoms with Crippen LogP contribution in [0.5, 0.6) is 0 Å². The van der Waals surface area contributed by atoms with Crippen molar-refractivity contribution in [3.05, 3.63) is 51.2 Å². The fourth-order valence-corrected chi connectivity index (χ4v) is 3.79. The third-order valence-electron chi connectivity index (χ3n) is 5.53. The average Bonchev–Trinajstić information content (AvgIpc) is 3.05. The predicted molar refractivity (Wildman–Crippen MR) is 128 cm³/mol. The highest BCUT2D eigenvalue weighted by Crippen LogP contribution is 2.28.